The van der Waals surface area contributed by atoms with Crippen molar-refractivity contribution in [3.8, 4) is 0 Å². The number of carbonyl (C=O) groups excluding carboxylic acids is 1. The molecular formula is C11H20N4O. The molecule has 0 aliphatic rings. The molecule has 0 aliphatic carbocycles. The summed E-state index contributed by atoms with van der Waals surface area (Å²) in [4.78, 5) is 13.4. The maximum absolute atomic E-state index is 11.7. The maximum Gasteiger partial charge on any atom is 0.224 e. The molecule has 0 atom stereocenters. The van der Waals surface area contributed by atoms with Crippen LogP contribution in [-0.2, 0) is 11.3 Å². The standard InChI is InChI=1S/C11H20N4O/c1-10-8-13-15(9-10)6-4-11(16)14(3)7-5-12-2/h8-9,12H,4-7H2,1-3H3. The second kappa shape index (κ2) is 6.27. The van der Waals surface area contributed by atoms with Crippen LogP contribution in [0.25, 0.3) is 0 Å². The number of aryl methyl sites for hydroxylation is 2. The molecule has 1 amide bonds. The predicted octanol–water partition coefficient (Wildman–Crippen LogP) is 0.259. The van der Waals surface area contributed by atoms with Crippen molar-refractivity contribution in [2.75, 3.05) is 27.2 Å². The van der Waals surface area contributed by atoms with Crippen molar-refractivity contribution in [3.63, 3.8) is 0 Å². The van der Waals surface area contributed by atoms with Gasteiger partial charge in [-0.25, -0.2) is 0 Å². The van der Waals surface area contributed by atoms with Gasteiger partial charge in [-0.1, -0.05) is 0 Å². The van der Waals surface area contributed by atoms with Crippen LogP contribution in [0.3, 0.4) is 0 Å². The Morgan fingerprint density at radius 2 is 2.38 bits per heavy atom. The summed E-state index contributed by atoms with van der Waals surface area (Å²) in [6.07, 6.45) is 4.25. The van der Waals surface area contributed by atoms with E-state index in [1.807, 2.05) is 27.2 Å². The number of rotatable bonds is 6. The summed E-state index contributed by atoms with van der Waals surface area (Å²) in [6, 6.07) is 0. The van der Waals surface area contributed by atoms with Crippen LogP contribution in [0.1, 0.15) is 12.0 Å². The van der Waals surface area contributed by atoms with Gasteiger partial charge in [-0.15, -0.1) is 0 Å². The van der Waals surface area contributed by atoms with Gasteiger partial charge in [0.15, 0.2) is 0 Å². The van der Waals surface area contributed by atoms with Crippen LogP contribution in [0.4, 0.5) is 0 Å². The highest BCUT2D eigenvalue weighted by molar-refractivity contribution is 5.75. The van der Waals surface area contributed by atoms with Gasteiger partial charge in [0.05, 0.1) is 6.20 Å². The molecule has 0 spiro atoms. The van der Waals surface area contributed by atoms with E-state index in [1.54, 1.807) is 15.8 Å². The van der Waals surface area contributed by atoms with E-state index in [2.05, 4.69) is 10.4 Å². The van der Waals surface area contributed by atoms with Gasteiger partial charge < -0.3 is 10.2 Å². The summed E-state index contributed by atoms with van der Waals surface area (Å²) in [5, 5.41) is 7.16. The summed E-state index contributed by atoms with van der Waals surface area (Å²) in [7, 11) is 3.71. The lowest BCUT2D eigenvalue weighted by atomic mass is 10.3. The first-order valence-corrected chi connectivity index (χ1v) is 5.51. The highest BCUT2D eigenvalue weighted by Crippen LogP contribution is 1.98. The van der Waals surface area contributed by atoms with Crippen LogP contribution >= 0.6 is 0 Å². The number of hydrogen-bond acceptors (Lipinski definition) is 3. The summed E-state index contributed by atoms with van der Waals surface area (Å²) < 4.78 is 1.80. The summed E-state index contributed by atoms with van der Waals surface area (Å²) in [5.74, 6) is 0.156. The normalized spacial score (nSPS) is 10.4. The van der Waals surface area contributed by atoms with Gasteiger partial charge in [-0.3, -0.25) is 9.48 Å². The fraction of sp³-hybridized carbons (Fsp3) is 0.636. The van der Waals surface area contributed by atoms with Crippen molar-refractivity contribution in [1.29, 1.82) is 0 Å². The lowest BCUT2D eigenvalue weighted by Gasteiger charge is -2.16. The fourth-order valence-corrected chi connectivity index (χ4v) is 1.39. The SMILES string of the molecule is CNCCN(C)C(=O)CCn1cc(C)cn1. The Morgan fingerprint density at radius 1 is 1.62 bits per heavy atom. The largest absolute Gasteiger partial charge is 0.344 e. The molecule has 1 N–H and O–H groups in total. The highest BCUT2D eigenvalue weighted by Gasteiger charge is 2.07. The van der Waals surface area contributed by atoms with Crippen LogP contribution in [0.5, 0.6) is 0 Å². The summed E-state index contributed by atoms with van der Waals surface area (Å²) in [5.41, 5.74) is 1.12. The van der Waals surface area contributed by atoms with Crippen molar-refractivity contribution >= 4 is 5.91 Å². The Balaban J connectivity index is 2.29. The van der Waals surface area contributed by atoms with Gasteiger partial charge in [-0.05, 0) is 19.5 Å². The van der Waals surface area contributed by atoms with Crippen molar-refractivity contribution in [3.05, 3.63) is 18.0 Å². The zero-order valence-electron chi connectivity index (χ0n) is 10.2. The number of likely N-dealkylation sites (N-methyl/N-ethyl adjacent to an activating group) is 2. The fourth-order valence-electron chi connectivity index (χ4n) is 1.39. The Labute approximate surface area is 96.4 Å². The van der Waals surface area contributed by atoms with Crippen molar-refractivity contribution in [2.45, 2.75) is 19.9 Å². The van der Waals surface area contributed by atoms with Gasteiger partial charge in [-0.2, -0.15) is 5.10 Å². The first kappa shape index (κ1) is 12.7. The van der Waals surface area contributed by atoms with Crippen molar-refractivity contribution in [2.24, 2.45) is 0 Å². The number of aromatic nitrogens is 2. The molecule has 0 saturated carbocycles. The van der Waals surface area contributed by atoms with E-state index in [4.69, 9.17) is 0 Å². The molecule has 1 aromatic heterocycles. The zero-order valence-corrected chi connectivity index (χ0v) is 10.2. The molecule has 5 heteroatoms. The lowest BCUT2D eigenvalue weighted by molar-refractivity contribution is -0.130. The molecule has 0 aliphatic heterocycles. The van der Waals surface area contributed by atoms with Gasteiger partial charge in [0.1, 0.15) is 0 Å². The van der Waals surface area contributed by atoms with Crippen LogP contribution in [0.15, 0.2) is 12.4 Å². The summed E-state index contributed by atoms with van der Waals surface area (Å²) in [6.45, 7) is 4.21. The van der Waals surface area contributed by atoms with E-state index in [0.717, 1.165) is 18.7 Å². The molecule has 16 heavy (non-hydrogen) atoms. The Hall–Kier alpha value is -1.36. The third kappa shape index (κ3) is 4.02. The smallest absolute Gasteiger partial charge is 0.224 e. The number of carbonyl (C=O) groups is 1. The zero-order chi connectivity index (χ0) is 12.0. The van der Waals surface area contributed by atoms with E-state index >= 15 is 0 Å². The molecule has 1 heterocycles. The monoisotopic (exact) mass is 224 g/mol. The van der Waals surface area contributed by atoms with Crippen LogP contribution < -0.4 is 5.32 Å². The maximum atomic E-state index is 11.7. The molecule has 0 unspecified atom stereocenters. The average molecular weight is 224 g/mol. The van der Waals surface area contributed by atoms with Gasteiger partial charge >= 0.3 is 0 Å². The van der Waals surface area contributed by atoms with Gasteiger partial charge in [0.2, 0.25) is 5.91 Å². The molecule has 0 aromatic carbocycles. The summed E-state index contributed by atoms with van der Waals surface area (Å²) >= 11 is 0. The van der Waals surface area contributed by atoms with Crippen molar-refractivity contribution in [1.82, 2.24) is 20.0 Å². The minimum atomic E-state index is 0.156. The van der Waals surface area contributed by atoms with E-state index in [0.29, 0.717) is 13.0 Å². The Kier molecular flexibility index (Phi) is 4.98. The third-order valence-corrected chi connectivity index (χ3v) is 2.44. The second-order valence-electron chi connectivity index (χ2n) is 3.95. The van der Waals surface area contributed by atoms with E-state index in [1.165, 1.54) is 0 Å². The second-order valence-corrected chi connectivity index (χ2v) is 3.95. The van der Waals surface area contributed by atoms with Gasteiger partial charge in [0, 0.05) is 39.3 Å². The first-order valence-electron chi connectivity index (χ1n) is 5.51. The minimum Gasteiger partial charge on any atom is -0.344 e. The minimum absolute atomic E-state index is 0.156. The van der Waals surface area contributed by atoms with E-state index in [9.17, 15) is 4.79 Å². The molecular weight excluding hydrogens is 204 g/mol. The molecule has 1 aromatic rings. The van der Waals surface area contributed by atoms with E-state index < -0.39 is 0 Å². The quantitative estimate of drug-likeness (QED) is 0.754. The number of amides is 1. The molecule has 1 rings (SSSR count). The number of nitrogens with one attached hydrogen (secondary N) is 1. The predicted molar refractivity (Wildman–Crippen MR) is 63.1 cm³/mol. The van der Waals surface area contributed by atoms with E-state index in [-0.39, 0.29) is 5.91 Å². The molecule has 0 bridgehead atoms. The molecule has 0 radical (unpaired) electrons. The average Bonchev–Trinajstić information content (AvgIpc) is 2.68. The van der Waals surface area contributed by atoms with Gasteiger partial charge in [0.25, 0.3) is 0 Å². The van der Waals surface area contributed by atoms with Crippen molar-refractivity contribution < 1.29 is 4.79 Å². The Bertz CT molecular complexity index is 334. The number of hydrogen-bond donors (Lipinski definition) is 1. The number of nitrogens with zero attached hydrogens (tertiary/aromatic N) is 3. The highest BCUT2D eigenvalue weighted by atomic mass is 16.2. The van der Waals surface area contributed by atoms with Crippen LogP contribution in [0, 0.1) is 6.92 Å². The van der Waals surface area contributed by atoms with Crippen LogP contribution in [-0.4, -0.2) is 47.8 Å². The molecule has 0 fully saturated rings. The molecule has 5 nitrogen and oxygen atoms in total. The molecule has 90 valence electrons. The first-order chi connectivity index (χ1) is 7.63. The third-order valence-electron chi connectivity index (χ3n) is 2.44. The topological polar surface area (TPSA) is 50.2 Å². The van der Waals surface area contributed by atoms with Crippen LogP contribution in [0.2, 0.25) is 0 Å². The Morgan fingerprint density at radius 3 is 2.94 bits per heavy atom. The molecule has 0 saturated heterocycles. The lowest BCUT2D eigenvalue weighted by Crippen LogP contribution is -2.33.